The molecule has 6 nitrogen and oxygen atoms in total. The van der Waals surface area contributed by atoms with Gasteiger partial charge in [-0.1, -0.05) is 0 Å². The summed E-state index contributed by atoms with van der Waals surface area (Å²) in [4.78, 5) is 4.14. The van der Waals surface area contributed by atoms with Gasteiger partial charge in [-0.25, -0.2) is 0 Å². The zero-order valence-electron chi connectivity index (χ0n) is 11.2. The van der Waals surface area contributed by atoms with Crippen molar-refractivity contribution in [3.05, 3.63) is 54.2 Å². The lowest BCUT2D eigenvalue weighted by Crippen LogP contribution is -2.17. The van der Waals surface area contributed by atoms with Gasteiger partial charge in [-0.05, 0) is 19.1 Å². The topological polar surface area (TPSA) is 82.3 Å². The van der Waals surface area contributed by atoms with Crippen molar-refractivity contribution in [2.75, 3.05) is 0 Å². The fraction of sp³-hybridized carbons (Fsp3) is 0.214. The molecule has 0 saturated heterocycles. The van der Waals surface area contributed by atoms with Crippen LogP contribution in [0.25, 0.3) is 11.3 Å². The van der Waals surface area contributed by atoms with Crippen molar-refractivity contribution >= 4 is 0 Å². The standard InChI is InChI=1S/C14H16N6/c1-10(12-7-17-18-8-12)16-6-13-9-19-20-14(13)11-3-2-4-15-5-11/h2-5,7-10,16H,6H2,1H3,(H,17,18)(H,19,20). The van der Waals surface area contributed by atoms with Gasteiger partial charge in [0.1, 0.15) is 0 Å². The van der Waals surface area contributed by atoms with Crippen molar-refractivity contribution in [1.82, 2.24) is 30.7 Å². The summed E-state index contributed by atoms with van der Waals surface area (Å²) in [6.07, 6.45) is 9.16. The number of hydrogen-bond acceptors (Lipinski definition) is 4. The smallest absolute Gasteiger partial charge is 0.0710 e. The van der Waals surface area contributed by atoms with Crippen LogP contribution in [0.5, 0.6) is 0 Å². The molecular formula is C14H16N6. The van der Waals surface area contributed by atoms with E-state index >= 15 is 0 Å². The van der Waals surface area contributed by atoms with Crippen LogP contribution < -0.4 is 5.32 Å². The maximum atomic E-state index is 4.14. The lowest BCUT2D eigenvalue weighted by molar-refractivity contribution is 0.575. The molecule has 0 aliphatic heterocycles. The fourth-order valence-corrected chi connectivity index (χ4v) is 2.08. The van der Waals surface area contributed by atoms with Gasteiger partial charge in [0.05, 0.1) is 18.1 Å². The van der Waals surface area contributed by atoms with Crippen molar-refractivity contribution in [2.45, 2.75) is 19.5 Å². The van der Waals surface area contributed by atoms with E-state index in [0.717, 1.165) is 28.9 Å². The molecule has 3 N–H and O–H groups in total. The molecule has 3 heterocycles. The summed E-state index contributed by atoms with van der Waals surface area (Å²) in [6.45, 7) is 2.84. The van der Waals surface area contributed by atoms with E-state index in [2.05, 4.69) is 37.6 Å². The van der Waals surface area contributed by atoms with E-state index in [1.54, 1.807) is 6.20 Å². The molecule has 102 valence electrons. The summed E-state index contributed by atoms with van der Waals surface area (Å²) in [5.41, 5.74) is 4.30. The lowest BCUT2D eigenvalue weighted by atomic mass is 10.1. The third-order valence-electron chi connectivity index (χ3n) is 3.29. The second-order valence-electron chi connectivity index (χ2n) is 4.65. The minimum absolute atomic E-state index is 0.227. The van der Waals surface area contributed by atoms with E-state index in [1.165, 1.54) is 0 Å². The van der Waals surface area contributed by atoms with E-state index in [4.69, 9.17) is 0 Å². The molecule has 0 fully saturated rings. The van der Waals surface area contributed by atoms with E-state index in [1.807, 2.05) is 36.9 Å². The van der Waals surface area contributed by atoms with Gasteiger partial charge in [0, 0.05) is 47.9 Å². The second kappa shape index (κ2) is 5.66. The molecule has 20 heavy (non-hydrogen) atoms. The van der Waals surface area contributed by atoms with Crippen molar-refractivity contribution in [1.29, 1.82) is 0 Å². The maximum absolute atomic E-state index is 4.14. The number of aromatic nitrogens is 5. The van der Waals surface area contributed by atoms with Gasteiger partial charge in [0.15, 0.2) is 0 Å². The minimum Gasteiger partial charge on any atom is -0.306 e. The van der Waals surface area contributed by atoms with Crippen LogP contribution in [0.1, 0.15) is 24.1 Å². The van der Waals surface area contributed by atoms with E-state index in [9.17, 15) is 0 Å². The first kappa shape index (κ1) is 12.6. The quantitative estimate of drug-likeness (QED) is 0.661. The summed E-state index contributed by atoms with van der Waals surface area (Å²) < 4.78 is 0. The molecule has 0 aliphatic rings. The van der Waals surface area contributed by atoms with Crippen LogP contribution in [0.3, 0.4) is 0 Å². The third-order valence-corrected chi connectivity index (χ3v) is 3.29. The first-order chi connectivity index (χ1) is 9.84. The first-order valence-electron chi connectivity index (χ1n) is 6.49. The van der Waals surface area contributed by atoms with Crippen molar-refractivity contribution < 1.29 is 0 Å². The zero-order chi connectivity index (χ0) is 13.8. The van der Waals surface area contributed by atoms with Crippen molar-refractivity contribution in [2.24, 2.45) is 0 Å². The molecule has 0 bridgehead atoms. The molecule has 0 aromatic carbocycles. The number of nitrogens with zero attached hydrogens (tertiary/aromatic N) is 3. The van der Waals surface area contributed by atoms with Crippen LogP contribution in [0.4, 0.5) is 0 Å². The van der Waals surface area contributed by atoms with E-state index in [0.29, 0.717) is 0 Å². The second-order valence-corrected chi connectivity index (χ2v) is 4.65. The number of H-pyrrole nitrogens is 2. The molecule has 3 aromatic heterocycles. The highest BCUT2D eigenvalue weighted by Gasteiger charge is 2.10. The lowest BCUT2D eigenvalue weighted by Gasteiger charge is -2.11. The minimum atomic E-state index is 0.227. The van der Waals surface area contributed by atoms with Crippen molar-refractivity contribution in [3.8, 4) is 11.3 Å². The van der Waals surface area contributed by atoms with Crippen LogP contribution in [0, 0.1) is 0 Å². The van der Waals surface area contributed by atoms with Crippen LogP contribution in [-0.4, -0.2) is 25.4 Å². The molecule has 1 atom stereocenters. The van der Waals surface area contributed by atoms with Gasteiger partial charge in [-0.2, -0.15) is 10.2 Å². The number of hydrogen-bond donors (Lipinski definition) is 3. The van der Waals surface area contributed by atoms with E-state index < -0.39 is 0 Å². The Kier molecular flexibility index (Phi) is 3.56. The average molecular weight is 268 g/mol. The Morgan fingerprint density at radius 1 is 1.25 bits per heavy atom. The van der Waals surface area contributed by atoms with Gasteiger partial charge in [0.25, 0.3) is 0 Å². The van der Waals surface area contributed by atoms with Gasteiger partial charge in [-0.3, -0.25) is 15.2 Å². The Bertz CT molecular complexity index is 643. The highest BCUT2D eigenvalue weighted by Crippen LogP contribution is 2.20. The third kappa shape index (κ3) is 2.60. The van der Waals surface area contributed by atoms with Crippen LogP contribution in [-0.2, 0) is 6.54 Å². The molecule has 0 saturated carbocycles. The number of nitrogens with one attached hydrogen (secondary N) is 3. The normalized spacial score (nSPS) is 12.4. The molecule has 3 rings (SSSR count). The maximum Gasteiger partial charge on any atom is 0.0710 e. The van der Waals surface area contributed by atoms with Gasteiger partial charge >= 0.3 is 0 Å². The summed E-state index contributed by atoms with van der Waals surface area (Å²) in [6, 6.07) is 4.16. The number of pyridine rings is 1. The van der Waals surface area contributed by atoms with E-state index in [-0.39, 0.29) is 6.04 Å². The predicted octanol–water partition coefficient (Wildman–Crippen LogP) is 2.05. The molecule has 3 aromatic rings. The van der Waals surface area contributed by atoms with Gasteiger partial charge in [-0.15, -0.1) is 0 Å². The molecule has 6 heteroatoms. The van der Waals surface area contributed by atoms with Gasteiger partial charge < -0.3 is 5.32 Å². The SMILES string of the molecule is CC(NCc1cn[nH]c1-c1cccnc1)c1cn[nH]c1. The summed E-state index contributed by atoms with van der Waals surface area (Å²) in [5, 5.41) is 17.4. The predicted molar refractivity (Wildman–Crippen MR) is 75.7 cm³/mol. The number of aromatic amines is 2. The Morgan fingerprint density at radius 2 is 2.20 bits per heavy atom. The summed E-state index contributed by atoms with van der Waals surface area (Å²) in [7, 11) is 0. The largest absolute Gasteiger partial charge is 0.306 e. The first-order valence-corrected chi connectivity index (χ1v) is 6.49. The molecule has 0 radical (unpaired) electrons. The van der Waals surface area contributed by atoms with Crippen LogP contribution >= 0.6 is 0 Å². The molecule has 0 aliphatic carbocycles. The monoisotopic (exact) mass is 268 g/mol. The van der Waals surface area contributed by atoms with Crippen LogP contribution in [0.15, 0.2) is 43.1 Å². The summed E-state index contributed by atoms with van der Waals surface area (Å²) >= 11 is 0. The summed E-state index contributed by atoms with van der Waals surface area (Å²) in [5.74, 6) is 0. The zero-order valence-corrected chi connectivity index (χ0v) is 11.2. The molecule has 1 unspecified atom stereocenters. The van der Waals surface area contributed by atoms with Gasteiger partial charge in [0.2, 0.25) is 0 Å². The highest BCUT2D eigenvalue weighted by molar-refractivity contribution is 5.61. The Labute approximate surface area is 116 Å². The fourth-order valence-electron chi connectivity index (χ4n) is 2.08. The Balaban J connectivity index is 1.72. The number of rotatable bonds is 5. The molecule has 0 amide bonds. The Hall–Kier alpha value is -2.47. The van der Waals surface area contributed by atoms with Crippen LogP contribution in [0.2, 0.25) is 0 Å². The molecule has 0 spiro atoms. The highest BCUT2D eigenvalue weighted by atomic mass is 15.1. The average Bonchev–Trinajstić information content (AvgIpc) is 3.17. The van der Waals surface area contributed by atoms with Crippen molar-refractivity contribution in [3.63, 3.8) is 0 Å². The Morgan fingerprint density at radius 3 is 2.95 bits per heavy atom. The molecular weight excluding hydrogens is 252 g/mol.